The highest BCUT2D eigenvalue weighted by Crippen LogP contribution is 2.41. The summed E-state index contributed by atoms with van der Waals surface area (Å²) in [4.78, 5) is 2.49. The molecule has 3 heteroatoms. The van der Waals surface area contributed by atoms with Gasteiger partial charge in [-0.15, -0.1) is 0 Å². The lowest BCUT2D eigenvalue weighted by Gasteiger charge is -2.21. The maximum Gasteiger partial charge on any atom is 0.0642 e. The molecule has 0 radical (unpaired) electrons. The average molecular weight is 265 g/mol. The molecule has 1 saturated carbocycles. The van der Waals surface area contributed by atoms with Crippen LogP contribution in [0.1, 0.15) is 24.8 Å². The van der Waals surface area contributed by atoms with Gasteiger partial charge in [-0.05, 0) is 49.4 Å². The Hall–Kier alpha value is -0.730. The largest absolute Gasteiger partial charge is 0.370 e. The number of anilines is 1. The maximum absolute atomic E-state index is 6.43. The fourth-order valence-electron chi connectivity index (χ4n) is 3.55. The number of hydrogen-bond donors (Lipinski definition) is 1. The maximum atomic E-state index is 6.43. The van der Waals surface area contributed by atoms with E-state index in [1.165, 1.54) is 43.6 Å². The van der Waals surface area contributed by atoms with Crippen LogP contribution in [0.4, 0.5) is 5.69 Å². The Balaban J connectivity index is 1.76. The number of halogens is 1. The van der Waals surface area contributed by atoms with E-state index >= 15 is 0 Å². The van der Waals surface area contributed by atoms with Crippen LogP contribution in [-0.4, -0.2) is 20.1 Å². The summed E-state index contributed by atoms with van der Waals surface area (Å²) in [6.07, 6.45) is 4.26. The van der Waals surface area contributed by atoms with Crippen molar-refractivity contribution in [1.82, 2.24) is 5.32 Å². The van der Waals surface area contributed by atoms with Crippen molar-refractivity contribution >= 4 is 17.3 Å². The molecule has 1 heterocycles. The van der Waals surface area contributed by atoms with Crippen LogP contribution < -0.4 is 10.2 Å². The smallest absolute Gasteiger partial charge is 0.0642 e. The minimum absolute atomic E-state index is 0.880. The molecule has 1 saturated heterocycles. The van der Waals surface area contributed by atoms with Crippen molar-refractivity contribution < 1.29 is 0 Å². The molecule has 2 atom stereocenters. The summed E-state index contributed by atoms with van der Waals surface area (Å²) in [5.74, 6) is 1.83. The van der Waals surface area contributed by atoms with Crippen molar-refractivity contribution in [3.8, 4) is 0 Å². The first kappa shape index (κ1) is 12.3. The SMILES string of the molecule is CNCc1ccc(N2CC3CCCC3C2)c(Cl)c1. The second kappa shape index (κ2) is 5.10. The van der Waals surface area contributed by atoms with Gasteiger partial charge in [-0.1, -0.05) is 24.1 Å². The van der Waals surface area contributed by atoms with Gasteiger partial charge in [-0.3, -0.25) is 0 Å². The minimum atomic E-state index is 0.880. The molecule has 1 N–H and O–H groups in total. The Kier molecular flexibility index (Phi) is 3.49. The lowest BCUT2D eigenvalue weighted by molar-refractivity contribution is 0.494. The van der Waals surface area contributed by atoms with E-state index in [1.54, 1.807) is 0 Å². The zero-order valence-electron chi connectivity index (χ0n) is 11.0. The van der Waals surface area contributed by atoms with E-state index in [0.717, 1.165) is 23.4 Å². The molecular formula is C15H21ClN2. The standard InChI is InChI=1S/C15H21ClN2/c1-17-8-11-5-6-15(14(16)7-11)18-9-12-3-2-4-13(12)10-18/h5-7,12-13,17H,2-4,8-10H2,1H3. The van der Waals surface area contributed by atoms with Crippen molar-refractivity contribution in [2.45, 2.75) is 25.8 Å². The molecule has 98 valence electrons. The fourth-order valence-corrected chi connectivity index (χ4v) is 3.88. The summed E-state index contributed by atoms with van der Waals surface area (Å²) >= 11 is 6.43. The number of nitrogens with zero attached hydrogens (tertiary/aromatic N) is 1. The monoisotopic (exact) mass is 264 g/mol. The molecule has 1 aliphatic heterocycles. The number of nitrogens with one attached hydrogen (secondary N) is 1. The van der Waals surface area contributed by atoms with Gasteiger partial charge in [-0.2, -0.15) is 0 Å². The number of fused-ring (bicyclic) bond motifs is 1. The van der Waals surface area contributed by atoms with Gasteiger partial charge in [0.1, 0.15) is 0 Å². The molecule has 18 heavy (non-hydrogen) atoms. The summed E-state index contributed by atoms with van der Waals surface area (Å²) in [5.41, 5.74) is 2.48. The van der Waals surface area contributed by atoms with Crippen LogP contribution in [-0.2, 0) is 6.54 Å². The van der Waals surface area contributed by atoms with E-state index in [1.807, 2.05) is 7.05 Å². The molecule has 2 nitrogen and oxygen atoms in total. The van der Waals surface area contributed by atoms with Crippen molar-refractivity contribution in [2.24, 2.45) is 11.8 Å². The van der Waals surface area contributed by atoms with Crippen LogP contribution in [0.2, 0.25) is 5.02 Å². The number of rotatable bonds is 3. The number of benzene rings is 1. The highest BCUT2D eigenvalue weighted by atomic mass is 35.5. The Labute approximate surface area is 114 Å². The first-order valence-electron chi connectivity index (χ1n) is 6.96. The quantitative estimate of drug-likeness (QED) is 0.901. The molecule has 2 fully saturated rings. The highest BCUT2D eigenvalue weighted by Gasteiger charge is 2.36. The van der Waals surface area contributed by atoms with Gasteiger partial charge >= 0.3 is 0 Å². The molecule has 2 aliphatic rings. The molecular weight excluding hydrogens is 244 g/mol. The summed E-state index contributed by atoms with van der Waals surface area (Å²) in [6.45, 7) is 3.29. The predicted octanol–water partition coefficient (Wildman–Crippen LogP) is 3.30. The topological polar surface area (TPSA) is 15.3 Å². The average Bonchev–Trinajstić information content (AvgIpc) is 2.89. The van der Waals surface area contributed by atoms with Crippen LogP contribution in [0.5, 0.6) is 0 Å². The lowest BCUT2D eigenvalue weighted by atomic mass is 10.0. The van der Waals surface area contributed by atoms with E-state index < -0.39 is 0 Å². The van der Waals surface area contributed by atoms with Gasteiger partial charge < -0.3 is 10.2 Å². The van der Waals surface area contributed by atoms with Crippen molar-refractivity contribution in [2.75, 3.05) is 25.0 Å². The summed E-state index contributed by atoms with van der Waals surface area (Å²) in [6, 6.07) is 6.48. The third-order valence-corrected chi connectivity index (χ3v) is 4.76. The van der Waals surface area contributed by atoms with Crippen LogP contribution in [0, 0.1) is 11.8 Å². The van der Waals surface area contributed by atoms with Gasteiger partial charge in [0.15, 0.2) is 0 Å². The number of hydrogen-bond acceptors (Lipinski definition) is 2. The molecule has 0 amide bonds. The first-order chi connectivity index (χ1) is 8.78. The Morgan fingerprint density at radius 2 is 2.00 bits per heavy atom. The van der Waals surface area contributed by atoms with Crippen LogP contribution in [0.25, 0.3) is 0 Å². The van der Waals surface area contributed by atoms with Gasteiger partial charge in [0, 0.05) is 19.6 Å². The zero-order valence-corrected chi connectivity index (χ0v) is 11.7. The molecule has 0 spiro atoms. The van der Waals surface area contributed by atoms with Crippen LogP contribution in [0.15, 0.2) is 18.2 Å². The van der Waals surface area contributed by atoms with E-state index in [9.17, 15) is 0 Å². The van der Waals surface area contributed by atoms with Crippen molar-refractivity contribution in [3.05, 3.63) is 28.8 Å². The van der Waals surface area contributed by atoms with Crippen molar-refractivity contribution in [1.29, 1.82) is 0 Å². The van der Waals surface area contributed by atoms with Gasteiger partial charge in [-0.25, -0.2) is 0 Å². The normalized spacial score (nSPS) is 26.7. The Morgan fingerprint density at radius 1 is 1.28 bits per heavy atom. The molecule has 2 unspecified atom stereocenters. The molecule has 0 bridgehead atoms. The first-order valence-corrected chi connectivity index (χ1v) is 7.33. The van der Waals surface area contributed by atoms with Gasteiger partial charge in [0.05, 0.1) is 10.7 Å². The summed E-state index contributed by atoms with van der Waals surface area (Å²) in [5, 5.41) is 4.07. The van der Waals surface area contributed by atoms with Crippen LogP contribution in [0.3, 0.4) is 0 Å². The van der Waals surface area contributed by atoms with Gasteiger partial charge in [0.2, 0.25) is 0 Å². The lowest BCUT2D eigenvalue weighted by Crippen LogP contribution is -2.21. The van der Waals surface area contributed by atoms with E-state index in [-0.39, 0.29) is 0 Å². The fraction of sp³-hybridized carbons (Fsp3) is 0.600. The second-order valence-corrected chi connectivity index (χ2v) is 6.08. The molecule has 3 rings (SSSR count). The van der Waals surface area contributed by atoms with Gasteiger partial charge in [0.25, 0.3) is 0 Å². The third-order valence-electron chi connectivity index (χ3n) is 4.46. The van der Waals surface area contributed by atoms with Crippen LogP contribution >= 0.6 is 11.6 Å². The van der Waals surface area contributed by atoms with E-state index in [2.05, 4.69) is 28.4 Å². The van der Waals surface area contributed by atoms with E-state index in [0.29, 0.717) is 0 Å². The minimum Gasteiger partial charge on any atom is -0.370 e. The highest BCUT2D eigenvalue weighted by molar-refractivity contribution is 6.33. The summed E-state index contributed by atoms with van der Waals surface area (Å²) < 4.78 is 0. The molecule has 1 aromatic rings. The second-order valence-electron chi connectivity index (χ2n) is 5.67. The predicted molar refractivity (Wildman–Crippen MR) is 77.3 cm³/mol. The zero-order chi connectivity index (χ0) is 12.5. The van der Waals surface area contributed by atoms with Crippen molar-refractivity contribution in [3.63, 3.8) is 0 Å². The third kappa shape index (κ3) is 2.24. The molecule has 1 aliphatic carbocycles. The molecule has 0 aromatic heterocycles. The molecule has 1 aromatic carbocycles. The Morgan fingerprint density at radius 3 is 2.61 bits per heavy atom. The van der Waals surface area contributed by atoms with E-state index in [4.69, 9.17) is 11.6 Å². The summed E-state index contributed by atoms with van der Waals surface area (Å²) in [7, 11) is 1.96. The Bertz CT molecular complexity index is 421.